The molecule has 6 atom stereocenters. The van der Waals surface area contributed by atoms with E-state index in [0.29, 0.717) is 23.0 Å². The number of benzene rings is 1. The van der Waals surface area contributed by atoms with Gasteiger partial charge in [0.2, 0.25) is 16.0 Å². The Morgan fingerprint density at radius 1 is 1.05 bits per heavy atom. The zero-order valence-corrected chi connectivity index (χ0v) is 24.3. The Bertz CT molecular complexity index is 1440. The van der Waals surface area contributed by atoms with Crippen molar-refractivity contribution in [2.24, 2.45) is 11.8 Å². The Morgan fingerprint density at radius 2 is 1.70 bits per heavy atom. The van der Waals surface area contributed by atoms with E-state index in [2.05, 4.69) is 24.9 Å². The third-order valence-electron chi connectivity index (χ3n) is 7.84. The van der Waals surface area contributed by atoms with Crippen LogP contribution in [0, 0.1) is 18.8 Å². The molecule has 13 heteroatoms. The van der Waals surface area contributed by atoms with Crippen molar-refractivity contribution in [1.82, 2.24) is 24.7 Å². The number of aryl methyl sites for hydroxylation is 1. The highest BCUT2D eigenvalue weighted by molar-refractivity contribution is 7.93. The molecule has 2 N–H and O–H groups in total. The standard InChI is InChI=1S/C27H36N6O6S/c1-14(2)39-24(25-28-12-15(3)13-29-25)16(4)40(35,36)32-27-31-30-26(19-11-17-10-18(19)23(17)34)33(27)22-20(37-5)8-7-9-21(22)38-6/h7-9,12-14,16-19,23-24,34H,10-11H2,1-6H3,(H,31,32)/t16-,17?,18?,19+,23+,24+/m0/s1. The van der Waals surface area contributed by atoms with E-state index in [1.165, 1.54) is 14.2 Å². The van der Waals surface area contributed by atoms with Crippen molar-refractivity contribution < 1.29 is 27.7 Å². The summed E-state index contributed by atoms with van der Waals surface area (Å²) in [7, 11) is -1.06. The van der Waals surface area contributed by atoms with Gasteiger partial charge in [0, 0.05) is 18.3 Å². The number of hydrogen-bond donors (Lipinski definition) is 2. The monoisotopic (exact) mass is 572 g/mol. The molecular weight excluding hydrogens is 536 g/mol. The van der Waals surface area contributed by atoms with Gasteiger partial charge in [0.05, 0.1) is 26.4 Å². The van der Waals surface area contributed by atoms with Crippen molar-refractivity contribution in [3.05, 3.63) is 47.8 Å². The van der Waals surface area contributed by atoms with Gasteiger partial charge in [0.1, 0.15) is 34.4 Å². The molecule has 3 fully saturated rings. The van der Waals surface area contributed by atoms with E-state index in [1.54, 1.807) is 42.1 Å². The van der Waals surface area contributed by atoms with Crippen LogP contribution in [-0.4, -0.2) is 69.9 Å². The average molecular weight is 573 g/mol. The predicted molar refractivity (Wildman–Crippen MR) is 147 cm³/mol. The number of aliphatic hydroxyl groups is 1. The molecule has 0 amide bonds. The first-order valence-electron chi connectivity index (χ1n) is 13.4. The highest BCUT2D eigenvalue weighted by Gasteiger charge is 2.54. The van der Waals surface area contributed by atoms with E-state index >= 15 is 0 Å². The molecule has 6 rings (SSSR count). The fourth-order valence-electron chi connectivity index (χ4n) is 5.70. The van der Waals surface area contributed by atoms with Crippen LogP contribution in [0.25, 0.3) is 5.69 Å². The molecule has 0 saturated heterocycles. The van der Waals surface area contributed by atoms with Crippen molar-refractivity contribution in [2.75, 3.05) is 18.9 Å². The summed E-state index contributed by atoms with van der Waals surface area (Å²) in [6.07, 6.45) is 3.27. The van der Waals surface area contributed by atoms with E-state index in [4.69, 9.17) is 14.2 Å². The van der Waals surface area contributed by atoms with Crippen LogP contribution < -0.4 is 14.2 Å². The van der Waals surface area contributed by atoms with Crippen LogP contribution in [0.2, 0.25) is 0 Å². The molecule has 0 aliphatic heterocycles. The number of para-hydroxylation sites is 1. The molecule has 40 heavy (non-hydrogen) atoms. The van der Waals surface area contributed by atoms with E-state index in [-0.39, 0.29) is 35.6 Å². The SMILES string of the molecule is COc1cccc(OC)c1-n1c(NS(=O)(=O)[C@@H](C)[C@@H](OC(C)C)c2ncc(C)cn2)nnc1[C@@H]1CC2CC1[C@@H]2O. The van der Waals surface area contributed by atoms with Crippen LogP contribution >= 0.6 is 0 Å². The summed E-state index contributed by atoms with van der Waals surface area (Å²) < 4.78 is 49.4. The normalized spacial score (nSPS) is 23.5. The summed E-state index contributed by atoms with van der Waals surface area (Å²) in [5.41, 5.74) is 1.32. The zero-order chi connectivity index (χ0) is 28.8. The Labute approximate surface area is 234 Å². The number of sulfonamides is 1. The van der Waals surface area contributed by atoms with Gasteiger partial charge >= 0.3 is 0 Å². The summed E-state index contributed by atoms with van der Waals surface area (Å²) >= 11 is 0. The molecule has 0 spiro atoms. The molecule has 2 unspecified atom stereocenters. The lowest BCUT2D eigenvalue weighted by atomic mass is 9.79. The summed E-state index contributed by atoms with van der Waals surface area (Å²) in [5, 5.41) is 18.2. The van der Waals surface area contributed by atoms with Crippen molar-refractivity contribution in [1.29, 1.82) is 0 Å². The number of anilines is 1. The van der Waals surface area contributed by atoms with Crippen LogP contribution in [0.5, 0.6) is 11.5 Å². The molecular formula is C27H36N6O6S. The fraction of sp³-hybridized carbons (Fsp3) is 0.556. The van der Waals surface area contributed by atoms with Gasteiger partial charge in [-0.3, -0.25) is 9.29 Å². The van der Waals surface area contributed by atoms with Gasteiger partial charge in [-0.15, -0.1) is 10.2 Å². The van der Waals surface area contributed by atoms with Gasteiger partial charge in [-0.25, -0.2) is 18.4 Å². The molecule has 2 bridgehead atoms. The molecule has 2 heterocycles. The summed E-state index contributed by atoms with van der Waals surface area (Å²) in [6.45, 7) is 7.05. The minimum Gasteiger partial charge on any atom is -0.494 e. The Balaban J connectivity index is 1.57. The minimum atomic E-state index is -4.12. The highest BCUT2D eigenvalue weighted by atomic mass is 32.2. The first kappa shape index (κ1) is 28.2. The van der Waals surface area contributed by atoms with Crippen LogP contribution in [0.15, 0.2) is 30.6 Å². The fourth-order valence-corrected chi connectivity index (χ4v) is 6.78. The first-order chi connectivity index (χ1) is 19.1. The number of ether oxygens (including phenoxy) is 3. The molecule has 1 aromatic carbocycles. The molecule has 3 aliphatic rings. The second-order valence-corrected chi connectivity index (χ2v) is 12.8. The molecule has 3 saturated carbocycles. The lowest BCUT2D eigenvalue weighted by Gasteiger charge is -2.32. The topological polar surface area (TPSA) is 151 Å². The lowest BCUT2D eigenvalue weighted by molar-refractivity contribution is 0.00151. The molecule has 12 nitrogen and oxygen atoms in total. The molecule has 216 valence electrons. The van der Waals surface area contributed by atoms with Gasteiger partial charge in [0.15, 0.2) is 5.82 Å². The largest absolute Gasteiger partial charge is 0.494 e. The van der Waals surface area contributed by atoms with Crippen LogP contribution in [-0.2, 0) is 14.8 Å². The third-order valence-corrected chi connectivity index (χ3v) is 9.53. The number of nitrogens with one attached hydrogen (secondary N) is 1. The Hall–Kier alpha value is -3.29. The molecule has 3 aromatic rings. The van der Waals surface area contributed by atoms with Crippen LogP contribution in [0.4, 0.5) is 5.95 Å². The average Bonchev–Trinajstić information content (AvgIpc) is 3.63. The quantitative estimate of drug-likeness (QED) is 0.351. The van der Waals surface area contributed by atoms with E-state index in [9.17, 15) is 13.5 Å². The third kappa shape index (κ3) is 5.01. The number of nitrogens with zero attached hydrogens (tertiary/aromatic N) is 5. The van der Waals surface area contributed by atoms with Gasteiger partial charge in [-0.05, 0) is 70.1 Å². The smallest absolute Gasteiger partial charge is 0.243 e. The second kappa shape index (κ2) is 10.9. The maximum atomic E-state index is 13.9. The van der Waals surface area contributed by atoms with Gasteiger partial charge in [-0.2, -0.15) is 0 Å². The zero-order valence-electron chi connectivity index (χ0n) is 23.5. The highest BCUT2D eigenvalue weighted by Crippen LogP contribution is 2.57. The maximum absolute atomic E-state index is 13.9. The van der Waals surface area contributed by atoms with Crippen molar-refractivity contribution in [3.8, 4) is 17.2 Å². The van der Waals surface area contributed by atoms with E-state index < -0.39 is 27.5 Å². The summed E-state index contributed by atoms with van der Waals surface area (Å²) in [4.78, 5) is 8.68. The van der Waals surface area contributed by atoms with Crippen molar-refractivity contribution in [2.45, 2.75) is 70.0 Å². The van der Waals surface area contributed by atoms with Gasteiger partial charge in [0.25, 0.3) is 0 Å². The number of aliphatic hydroxyl groups excluding tert-OH is 1. The number of fused-ring (bicyclic) bond motifs is 1. The van der Waals surface area contributed by atoms with E-state index in [1.807, 2.05) is 20.8 Å². The second-order valence-electron chi connectivity index (χ2n) is 10.8. The van der Waals surface area contributed by atoms with Crippen LogP contribution in [0.3, 0.4) is 0 Å². The van der Waals surface area contributed by atoms with Gasteiger partial charge < -0.3 is 19.3 Å². The van der Waals surface area contributed by atoms with E-state index in [0.717, 1.165) is 18.4 Å². The lowest BCUT2D eigenvalue weighted by Crippen LogP contribution is -2.35. The number of methoxy groups -OCH3 is 2. The summed E-state index contributed by atoms with van der Waals surface area (Å²) in [6, 6.07) is 5.29. The number of hydrogen-bond acceptors (Lipinski definition) is 10. The van der Waals surface area contributed by atoms with Gasteiger partial charge in [-0.1, -0.05) is 6.07 Å². The predicted octanol–water partition coefficient (Wildman–Crippen LogP) is 3.16. The Morgan fingerprint density at radius 3 is 2.23 bits per heavy atom. The van der Waals surface area contributed by atoms with Crippen molar-refractivity contribution in [3.63, 3.8) is 0 Å². The minimum absolute atomic E-state index is 0.0173. The maximum Gasteiger partial charge on any atom is 0.243 e. The molecule has 3 aliphatic carbocycles. The summed E-state index contributed by atoms with van der Waals surface area (Å²) in [5.74, 6) is 1.82. The Kier molecular flexibility index (Phi) is 7.73. The first-order valence-corrected chi connectivity index (χ1v) is 14.9. The van der Waals surface area contributed by atoms with Crippen molar-refractivity contribution >= 4 is 16.0 Å². The number of aromatic nitrogens is 5. The van der Waals surface area contributed by atoms with Crippen LogP contribution in [0.1, 0.15) is 62.8 Å². The molecule has 0 radical (unpaired) electrons. The molecule has 2 aromatic heterocycles. The number of rotatable bonds is 11.